The highest BCUT2D eigenvalue weighted by Gasteiger charge is 2.34. The van der Waals surface area contributed by atoms with Crippen LogP contribution in [0, 0.1) is 13.8 Å². The number of rotatable bonds is 9. The van der Waals surface area contributed by atoms with Gasteiger partial charge in [0.1, 0.15) is 11.0 Å². The number of likely N-dealkylation sites (tertiary alicyclic amines) is 2. The highest BCUT2D eigenvalue weighted by Crippen LogP contribution is 2.36. The van der Waals surface area contributed by atoms with Crippen molar-refractivity contribution in [3.05, 3.63) is 110 Å². The number of aryl methyl sites for hydroxylation is 2. The normalized spacial score (nSPS) is 18.5. The van der Waals surface area contributed by atoms with Gasteiger partial charge in [-0.2, -0.15) is 10.2 Å². The van der Waals surface area contributed by atoms with E-state index in [1.807, 2.05) is 30.5 Å². The van der Waals surface area contributed by atoms with Crippen molar-refractivity contribution in [2.45, 2.75) is 109 Å². The summed E-state index contributed by atoms with van der Waals surface area (Å²) in [6.07, 6.45) is 17.1. The van der Waals surface area contributed by atoms with Crippen LogP contribution in [0.4, 0.5) is 17.2 Å². The number of nitrogens with zero attached hydrogens (tertiary/aromatic N) is 9. The van der Waals surface area contributed by atoms with Gasteiger partial charge in [0.2, 0.25) is 20.0 Å². The summed E-state index contributed by atoms with van der Waals surface area (Å²) >= 11 is 18.4. The summed E-state index contributed by atoms with van der Waals surface area (Å²) in [5.41, 5.74) is 5.54. The number of carbonyl (C=O) groups excluding carboxylic acids is 2. The van der Waals surface area contributed by atoms with Crippen molar-refractivity contribution in [2.24, 2.45) is 0 Å². The van der Waals surface area contributed by atoms with E-state index in [4.69, 9.17) is 44.9 Å². The van der Waals surface area contributed by atoms with Crippen LogP contribution >= 0.6 is 34.8 Å². The Kier molecular flexibility index (Phi) is 16.4. The number of halogens is 3. The maximum Gasteiger partial charge on any atom is 0.256 e. The third kappa shape index (κ3) is 12.9. The molecule has 22 heteroatoms. The van der Waals surface area contributed by atoms with Gasteiger partial charge in [0.15, 0.2) is 11.3 Å². The van der Waals surface area contributed by atoms with E-state index in [2.05, 4.69) is 30.5 Å². The summed E-state index contributed by atoms with van der Waals surface area (Å²) in [5, 5.41) is 10.6. The lowest BCUT2D eigenvalue weighted by Crippen LogP contribution is -2.39. The molecule has 10 rings (SSSR count). The van der Waals surface area contributed by atoms with Gasteiger partial charge in [-0.1, -0.05) is 66.9 Å². The number of carbonyl (C=O) groups is 2. The molecule has 1 saturated carbocycles. The van der Waals surface area contributed by atoms with Gasteiger partial charge in [-0.05, 0) is 108 Å². The Morgan fingerprint density at radius 3 is 1.42 bits per heavy atom. The Balaban J connectivity index is 0.000000174. The van der Waals surface area contributed by atoms with Gasteiger partial charge in [-0.15, -0.1) is 0 Å². The fourth-order valence-electron chi connectivity index (χ4n) is 9.78. The lowest BCUT2D eigenvalue weighted by molar-refractivity contribution is 0.0600. The second-order valence-corrected chi connectivity index (χ2v) is 23.5. The zero-order valence-electron chi connectivity index (χ0n) is 40.4. The molecule has 0 unspecified atom stereocenters. The van der Waals surface area contributed by atoms with Crippen LogP contribution in [-0.2, 0) is 20.0 Å². The number of benzene rings is 2. The van der Waals surface area contributed by atoms with Gasteiger partial charge < -0.3 is 14.7 Å². The van der Waals surface area contributed by atoms with Crippen LogP contribution in [0.1, 0.15) is 139 Å². The van der Waals surface area contributed by atoms with E-state index in [1.165, 1.54) is 69.2 Å². The van der Waals surface area contributed by atoms with Gasteiger partial charge in [0, 0.05) is 65.8 Å². The van der Waals surface area contributed by atoms with Crippen molar-refractivity contribution in [2.75, 3.05) is 53.0 Å². The van der Waals surface area contributed by atoms with Crippen LogP contribution in [0.2, 0.25) is 15.2 Å². The number of hydrogen-bond donors (Lipinski definition) is 2. The summed E-state index contributed by atoms with van der Waals surface area (Å²) in [6, 6.07) is 16.2. The molecule has 2 atom stereocenters. The van der Waals surface area contributed by atoms with Gasteiger partial charge in [-0.3, -0.25) is 19.0 Å². The molecule has 71 heavy (non-hydrogen) atoms. The van der Waals surface area contributed by atoms with E-state index in [0.717, 1.165) is 92.7 Å². The SMILES string of the molecule is C1CCCC1.Cc1cc(Cl)nc2cc([C@@H]3CCCCN3C(=O)c3cc(Cl)ccc3NS(C)(=O)=O)nn12.Cc1cc(N2CCCC2)nc2cc([C@@H]3CCCCN3C(=O)c3cc(Cl)ccc3NS(C)(=O)=O)nn12. The predicted octanol–water partition coefficient (Wildman–Crippen LogP) is 10.1. The van der Waals surface area contributed by atoms with Gasteiger partial charge in [-0.25, -0.2) is 35.8 Å². The Bertz CT molecular complexity index is 3150. The zero-order valence-corrected chi connectivity index (χ0v) is 44.3. The van der Waals surface area contributed by atoms with Crippen molar-refractivity contribution in [1.29, 1.82) is 0 Å². The van der Waals surface area contributed by atoms with Crippen molar-refractivity contribution in [1.82, 2.24) is 39.0 Å². The number of fused-ring (bicyclic) bond motifs is 2. The fourth-order valence-corrected chi connectivity index (χ4v) is 11.5. The maximum absolute atomic E-state index is 13.7. The van der Waals surface area contributed by atoms with E-state index in [0.29, 0.717) is 39.6 Å². The summed E-state index contributed by atoms with van der Waals surface area (Å²) in [5.74, 6) is 0.381. The number of aromatic nitrogens is 6. The molecular formula is C49H60Cl3N11O6S2. The number of amides is 2. The maximum atomic E-state index is 13.7. The van der Waals surface area contributed by atoms with Gasteiger partial charge >= 0.3 is 0 Å². The van der Waals surface area contributed by atoms with E-state index < -0.39 is 20.0 Å². The van der Waals surface area contributed by atoms with Crippen LogP contribution in [-0.4, -0.2) is 106 Å². The molecule has 2 N–H and O–H groups in total. The molecule has 2 amide bonds. The Morgan fingerprint density at radius 2 is 0.972 bits per heavy atom. The van der Waals surface area contributed by atoms with E-state index >= 15 is 0 Å². The third-order valence-electron chi connectivity index (χ3n) is 13.1. The first kappa shape index (κ1) is 52.1. The summed E-state index contributed by atoms with van der Waals surface area (Å²) in [6.45, 7) is 7.00. The molecule has 4 fully saturated rings. The molecule has 3 saturated heterocycles. The molecule has 7 heterocycles. The first-order chi connectivity index (χ1) is 33.8. The molecule has 1 aliphatic carbocycles. The molecule has 17 nitrogen and oxygen atoms in total. The smallest absolute Gasteiger partial charge is 0.256 e. The number of sulfonamides is 2. The van der Waals surface area contributed by atoms with Crippen LogP contribution < -0.4 is 14.3 Å². The highest BCUT2D eigenvalue weighted by atomic mass is 35.5. The van der Waals surface area contributed by atoms with Gasteiger partial charge in [0.25, 0.3) is 11.8 Å². The first-order valence-electron chi connectivity index (χ1n) is 24.1. The largest absolute Gasteiger partial charge is 0.356 e. The number of nitrogens with one attached hydrogen (secondary N) is 2. The Labute approximate surface area is 430 Å². The minimum absolute atomic E-state index is 0.195. The molecule has 0 spiro atoms. The quantitative estimate of drug-likeness (QED) is 0.131. The Morgan fingerprint density at radius 1 is 0.549 bits per heavy atom. The standard InChI is InChI=1S/C24H29ClN6O3S.C20H21Cl2N5O3S.C5H10/c1-16-13-22(29-10-5-6-11-29)26-23-15-20(27-31(16)23)21-7-3-4-12-30(21)24(32)18-14-17(25)8-9-19(18)28-35(2,33)34;1-12-9-18(22)23-19-11-16(24-27(12)19)17-5-3-4-8-26(17)20(28)14-10-13(21)6-7-15(14)25-31(2,29)30;1-2-4-5-3-1/h8-9,13-15,21,28H,3-7,10-12H2,1-2H3;6-7,9-11,17,25H,3-5,8H2,1-2H3;1-5H2/t21-;17-;/m00./s1. The second-order valence-electron chi connectivity index (χ2n) is 18.8. The number of hydrogen-bond acceptors (Lipinski definition) is 11. The van der Waals surface area contributed by atoms with E-state index in [1.54, 1.807) is 32.5 Å². The summed E-state index contributed by atoms with van der Waals surface area (Å²) in [4.78, 5) is 42.2. The van der Waals surface area contributed by atoms with E-state index in [9.17, 15) is 26.4 Å². The average molecular weight is 1070 g/mol. The van der Waals surface area contributed by atoms with Crippen LogP contribution in [0.25, 0.3) is 11.3 Å². The molecule has 0 bridgehead atoms. The molecule has 3 aliphatic heterocycles. The first-order valence-corrected chi connectivity index (χ1v) is 29.1. The highest BCUT2D eigenvalue weighted by molar-refractivity contribution is 7.92. The molecule has 4 aliphatic rings. The fraction of sp³-hybridized carbons (Fsp3) is 0.469. The topological polar surface area (TPSA) is 197 Å². The molecule has 380 valence electrons. The van der Waals surface area contributed by atoms with E-state index in [-0.39, 0.29) is 46.4 Å². The molecular weight excluding hydrogens is 1010 g/mol. The number of piperidine rings is 2. The van der Waals surface area contributed by atoms with Crippen molar-refractivity contribution in [3.63, 3.8) is 0 Å². The van der Waals surface area contributed by atoms with Crippen molar-refractivity contribution >= 4 is 95.2 Å². The molecule has 4 aromatic heterocycles. The Hall–Kier alpha value is -5.21. The molecule has 2 aromatic carbocycles. The lowest BCUT2D eigenvalue weighted by atomic mass is 9.98. The third-order valence-corrected chi connectivity index (χ3v) is 15.0. The second kappa shape index (κ2) is 22.3. The van der Waals surface area contributed by atoms with Crippen molar-refractivity contribution < 1.29 is 26.4 Å². The number of anilines is 3. The van der Waals surface area contributed by atoms with Crippen LogP contribution in [0.3, 0.4) is 0 Å². The van der Waals surface area contributed by atoms with Crippen molar-refractivity contribution in [3.8, 4) is 0 Å². The zero-order chi connectivity index (χ0) is 50.6. The minimum atomic E-state index is -3.57. The predicted molar refractivity (Wildman–Crippen MR) is 280 cm³/mol. The molecule has 0 radical (unpaired) electrons. The van der Waals surface area contributed by atoms with Crippen LogP contribution in [0.15, 0.2) is 60.7 Å². The average Bonchev–Trinajstić information content (AvgIpc) is 4.18. The minimum Gasteiger partial charge on any atom is -0.356 e. The summed E-state index contributed by atoms with van der Waals surface area (Å²) in [7, 11) is -7.14. The monoisotopic (exact) mass is 1070 g/mol. The summed E-state index contributed by atoms with van der Waals surface area (Å²) < 4.78 is 55.7. The lowest BCUT2D eigenvalue weighted by Gasteiger charge is -2.35. The molecule has 6 aromatic rings. The van der Waals surface area contributed by atoms with Crippen LogP contribution in [0.5, 0.6) is 0 Å². The van der Waals surface area contributed by atoms with Gasteiger partial charge in [0.05, 0.1) is 58.5 Å².